The first-order chi connectivity index (χ1) is 13.7. The van der Waals surface area contributed by atoms with Crippen LogP contribution in [0.1, 0.15) is 36.7 Å². The van der Waals surface area contributed by atoms with Gasteiger partial charge in [0.2, 0.25) is 0 Å². The molecule has 1 atom stereocenters. The van der Waals surface area contributed by atoms with E-state index in [0.29, 0.717) is 13.2 Å². The van der Waals surface area contributed by atoms with Crippen LogP contribution in [-0.2, 0) is 34.0 Å². The number of fused-ring (bicyclic) bond motifs is 1. The Hall–Kier alpha value is -2.82. The van der Waals surface area contributed by atoms with E-state index in [4.69, 9.17) is 19.1 Å². The van der Waals surface area contributed by atoms with Crippen LogP contribution in [0.4, 0.5) is 13.2 Å². The van der Waals surface area contributed by atoms with Gasteiger partial charge in [-0.15, -0.1) is 0 Å². The molecule has 8 nitrogen and oxygen atoms in total. The summed E-state index contributed by atoms with van der Waals surface area (Å²) in [6.07, 6.45) is 0.136. The van der Waals surface area contributed by atoms with E-state index in [1.54, 1.807) is 12.5 Å². The number of hydrogen-bond acceptors (Lipinski definition) is 6. The van der Waals surface area contributed by atoms with Crippen LogP contribution in [0.15, 0.2) is 29.3 Å². The van der Waals surface area contributed by atoms with Crippen molar-refractivity contribution < 1.29 is 37.0 Å². The first kappa shape index (κ1) is 22.5. The first-order valence-electron chi connectivity index (χ1n) is 8.91. The monoisotopic (exact) mass is 417 g/mol. The molecule has 3 heterocycles. The summed E-state index contributed by atoms with van der Waals surface area (Å²) in [5.41, 5.74) is 3.07. The highest BCUT2D eigenvalue weighted by molar-refractivity contribution is 5.78. The summed E-state index contributed by atoms with van der Waals surface area (Å²) < 4.78 is 44.2. The van der Waals surface area contributed by atoms with E-state index in [2.05, 4.69) is 16.8 Å². The van der Waals surface area contributed by atoms with E-state index in [0.717, 1.165) is 36.6 Å². The maximum absolute atomic E-state index is 12.4. The van der Waals surface area contributed by atoms with Gasteiger partial charge in [-0.1, -0.05) is 0 Å². The molecule has 0 amide bonds. The molecule has 2 aromatic rings. The molecular formula is C18H22F3N3O5. The molecule has 2 aromatic heterocycles. The van der Waals surface area contributed by atoms with Crippen molar-refractivity contribution in [1.82, 2.24) is 14.5 Å². The molecule has 0 saturated carbocycles. The van der Waals surface area contributed by atoms with Crippen molar-refractivity contribution in [2.45, 2.75) is 45.6 Å². The second-order valence-corrected chi connectivity index (χ2v) is 6.27. The van der Waals surface area contributed by atoms with Crippen LogP contribution in [-0.4, -0.2) is 50.8 Å². The zero-order valence-electron chi connectivity index (χ0n) is 16.0. The molecule has 1 aliphatic heterocycles. The maximum Gasteiger partial charge on any atom is 0.490 e. The number of nitrogens with zero attached hydrogens (tertiary/aromatic N) is 3. The molecule has 3 rings (SSSR count). The Kier molecular flexibility index (Phi) is 7.43. The number of halogens is 3. The van der Waals surface area contributed by atoms with Crippen LogP contribution in [0, 0.1) is 0 Å². The highest BCUT2D eigenvalue weighted by Crippen LogP contribution is 2.30. The summed E-state index contributed by atoms with van der Waals surface area (Å²) in [7, 11) is 0. The Labute approximate surface area is 164 Å². The number of hydrogen-bond donors (Lipinski definition) is 1. The van der Waals surface area contributed by atoms with E-state index in [-0.39, 0.29) is 11.9 Å². The summed E-state index contributed by atoms with van der Waals surface area (Å²) >= 11 is 0. The van der Waals surface area contributed by atoms with Gasteiger partial charge in [0.05, 0.1) is 36.8 Å². The largest absolute Gasteiger partial charge is 0.490 e. The molecule has 1 N–H and O–H groups in total. The molecule has 0 aromatic carbocycles. The smallest absolute Gasteiger partial charge is 0.475 e. The van der Waals surface area contributed by atoms with Crippen LogP contribution >= 0.6 is 0 Å². The fourth-order valence-corrected chi connectivity index (χ4v) is 3.02. The standard InChI is InChI=1S/C16H21N3O3.C2HF3O2/c1-3-19-11-17-14-9-18(7-12-5-6-21-10-12)8-13(15(14)19)16(20)22-4-2;3-2(4,5)1(6)7/h5-6,10-11,13H,3-4,7-9H2,1-2H3;(H,6,7). The molecule has 0 fully saturated rings. The van der Waals surface area contributed by atoms with Gasteiger partial charge in [0.25, 0.3) is 0 Å². The number of carbonyl (C=O) groups is 2. The van der Waals surface area contributed by atoms with Gasteiger partial charge in [0, 0.05) is 31.7 Å². The Balaban J connectivity index is 0.000000370. The second kappa shape index (κ2) is 9.59. The number of carboxylic acids is 1. The molecular weight excluding hydrogens is 395 g/mol. The van der Waals surface area contributed by atoms with Gasteiger partial charge in [0.15, 0.2) is 0 Å². The first-order valence-corrected chi connectivity index (χ1v) is 8.91. The molecule has 0 bridgehead atoms. The van der Waals surface area contributed by atoms with Gasteiger partial charge in [-0.25, -0.2) is 9.78 Å². The lowest BCUT2D eigenvalue weighted by molar-refractivity contribution is -0.192. The zero-order valence-corrected chi connectivity index (χ0v) is 16.0. The minimum Gasteiger partial charge on any atom is -0.475 e. The third kappa shape index (κ3) is 5.83. The number of furan rings is 1. The number of ether oxygens (including phenoxy) is 1. The molecule has 1 aliphatic rings. The Morgan fingerprint density at radius 1 is 1.38 bits per heavy atom. The maximum atomic E-state index is 12.4. The van der Waals surface area contributed by atoms with Gasteiger partial charge >= 0.3 is 18.1 Å². The van der Waals surface area contributed by atoms with Crippen LogP contribution in [0.3, 0.4) is 0 Å². The number of aromatic nitrogens is 2. The number of alkyl halides is 3. The molecule has 0 saturated heterocycles. The van der Waals surface area contributed by atoms with Crippen LogP contribution in [0.25, 0.3) is 0 Å². The van der Waals surface area contributed by atoms with Gasteiger partial charge in [-0.05, 0) is 19.9 Å². The van der Waals surface area contributed by atoms with E-state index < -0.39 is 12.1 Å². The third-order valence-electron chi connectivity index (χ3n) is 4.24. The molecule has 0 aliphatic carbocycles. The fraction of sp³-hybridized carbons (Fsp3) is 0.500. The second-order valence-electron chi connectivity index (χ2n) is 6.27. The summed E-state index contributed by atoms with van der Waals surface area (Å²) in [6.45, 7) is 7.22. The average molecular weight is 417 g/mol. The lowest BCUT2D eigenvalue weighted by Crippen LogP contribution is -2.38. The van der Waals surface area contributed by atoms with Gasteiger partial charge in [-0.2, -0.15) is 13.2 Å². The van der Waals surface area contributed by atoms with Crippen molar-refractivity contribution in [3.63, 3.8) is 0 Å². The molecule has 1 unspecified atom stereocenters. The van der Waals surface area contributed by atoms with Crippen molar-refractivity contribution in [3.8, 4) is 0 Å². The average Bonchev–Trinajstić information content (AvgIpc) is 3.30. The van der Waals surface area contributed by atoms with Crippen LogP contribution in [0.2, 0.25) is 0 Å². The summed E-state index contributed by atoms with van der Waals surface area (Å²) in [5, 5.41) is 7.12. The Bertz CT molecular complexity index is 817. The van der Waals surface area contributed by atoms with E-state index in [9.17, 15) is 18.0 Å². The lowest BCUT2D eigenvalue weighted by Gasteiger charge is -2.31. The summed E-state index contributed by atoms with van der Waals surface area (Å²) in [5.74, 6) is -3.21. The van der Waals surface area contributed by atoms with Gasteiger partial charge < -0.3 is 18.8 Å². The number of imidazole rings is 1. The number of carboxylic acid groups (broad SMARTS) is 1. The Morgan fingerprint density at radius 3 is 2.59 bits per heavy atom. The number of rotatable bonds is 5. The predicted molar refractivity (Wildman–Crippen MR) is 93.8 cm³/mol. The van der Waals surface area contributed by atoms with Gasteiger partial charge in [-0.3, -0.25) is 9.69 Å². The van der Waals surface area contributed by atoms with Crippen LogP contribution < -0.4 is 0 Å². The molecule has 11 heteroatoms. The van der Waals surface area contributed by atoms with Crippen LogP contribution in [0.5, 0.6) is 0 Å². The number of aliphatic carboxylic acids is 1. The van der Waals surface area contributed by atoms with Crippen molar-refractivity contribution in [2.75, 3.05) is 13.2 Å². The number of aryl methyl sites for hydroxylation is 1. The number of carbonyl (C=O) groups excluding carboxylic acids is 1. The quantitative estimate of drug-likeness (QED) is 0.747. The van der Waals surface area contributed by atoms with Crippen molar-refractivity contribution >= 4 is 11.9 Å². The highest BCUT2D eigenvalue weighted by Gasteiger charge is 2.38. The minimum atomic E-state index is -5.08. The van der Waals surface area contributed by atoms with Crippen molar-refractivity contribution in [3.05, 3.63) is 41.9 Å². The molecule has 0 radical (unpaired) electrons. The topological polar surface area (TPSA) is 97.8 Å². The summed E-state index contributed by atoms with van der Waals surface area (Å²) in [6, 6.07) is 1.94. The van der Waals surface area contributed by atoms with E-state index in [1.807, 2.05) is 23.9 Å². The fourth-order valence-electron chi connectivity index (χ4n) is 3.02. The molecule has 160 valence electrons. The molecule has 29 heavy (non-hydrogen) atoms. The van der Waals surface area contributed by atoms with E-state index in [1.165, 1.54) is 0 Å². The minimum absolute atomic E-state index is 0.171. The summed E-state index contributed by atoms with van der Waals surface area (Å²) in [4.78, 5) is 28.0. The zero-order chi connectivity index (χ0) is 21.6. The molecule has 0 spiro atoms. The Morgan fingerprint density at radius 2 is 2.07 bits per heavy atom. The predicted octanol–water partition coefficient (Wildman–Crippen LogP) is 2.79. The third-order valence-corrected chi connectivity index (χ3v) is 4.24. The lowest BCUT2D eigenvalue weighted by atomic mass is 9.97. The number of esters is 1. The van der Waals surface area contributed by atoms with E-state index >= 15 is 0 Å². The van der Waals surface area contributed by atoms with Crippen molar-refractivity contribution in [2.24, 2.45) is 0 Å². The SMILES string of the molecule is CCOC(=O)C1CN(Cc2ccoc2)Cc2ncn(CC)c21.O=C(O)C(F)(F)F. The van der Waals surface area contributed by atoms with Gasteiger partial charge in [0.1, 0.15) is 5.92 Å². The van der Waals surface area contributed by atoms with Crippen molar-refractivity contribution in [1.29, 1.82) is 0 Å². The normalized spacial score (nSPS) is 16.5. The highest BCUT2D eigenvalue weighted by atomic mass is 19.4.